The Bertz CT molecular complexity index is 1710. The van der Waals surface area contributed by atoms with Gasteiger partial charge in [-0.3, -0.25) is 14.8 Å². The van der Waals surface area contributed by atoms with Gasteiger partial charge in [-0.25, -0.2) is 9.59 Å². The van der Waals surface area contributed by atoms with Crippen LogP contribution in [0.4, 0.5) is 9.59 Å². The van der Waals surface area contributed by atoms with E-state index in [1.165, 1.54) is 5.56 Å². The molecule has 1 N–H and O–H groups in total. The number of carbonyl (C=O) groups excluding carboxylic acids is 3. The highest BCUT2D eigenvalue weighted by Gasteiger charge is 2.49. The average Bonchev–Trinajstić information content (AvgIpc) is 3.90. The number of Topliss-reactive ketones (excluding diaryl/α,β-unsaturated/α-hetero) is 1. The van der Waals surface area contributed by atoms with Crippen molar-refractivity contribution in [3.63, 3.8) is 0 Å². The molecule has 0 bridgehead atoms. The highest BCUT2D eigenvalue weighted by molar-refractivity contribution is 5.82. The lowest BCUT2D eigenvalue weighted by Crippen LogP contribution is -2.34. The Kier molecular flexibility index (Phi) is 12.3. The van der Waals surface area contributed by atoms with Gasteiger partial charge in [0, 0.05) is 70.2 Å². The van der Waals surface area contributed by atoms with E-state index in [-0.39, 0.29) is 12.2 Å². The van der Waals surface area contributed by atoms with Crippen LogP contribution in [0.3, 0.4) is 0 Å². The molecule has 2 aliphatic carbocycles. The monoisotopic (exact) mass is 704 g/mol. The number of aliphatic hydroxyl groups is 1. The first-order valence-electron chi connectivity index (χ1n) is 18.1. The van der Waals surface area contributed by atoms with Crippen LogP contribution in [0.5, 0.6) is 0 Å². The van der Waals surface area contributed by atoms with Crippen molar-refractivity contribution in [2.75, 3.05) is 26.2 Å². The first-order valence-corrected chi connectivity index (χ1v) is 18.1. The van der Waals surface area contributed by atoms with Gasteiger partial charge < -0.3 is 24.4 Å². The van der Waals surface area contributed by atoms with Crippen molar-refractivity contribution >= 4 is 18.0 Å². The van der Waals surface area contributed by atoms with E-state index in [1.54, 1.807) is 34.6 Å². The van der Waals surface area contributed by atoms with Crippen molar-refractivity contribution in [2.45, 2.75) is 57.8 Å². The van der Waals surface area contributed by atoms with E-state index in [0.717, 1.165) is 29.5 Å². The minimum atomic E-state index is -0.670. The number of hydrogen-bond donors (Lipinski definition) is 1. The van der Waals surface area contributed by atoms with Gasteiger partial charge in [0.15, 0.2) is 0 Å². The molecule has 0 radical (unpaired) electrons. The van der Waals surface area contributed by atoms with Crippen LogP contribution in [-0.4, -0.2) is 74.6 Å². The molecule has 2 saturated heterocycles. The molecule has 2 aromatic carbocycles. The summed E-state index contributed by atoms with van der Waals surface area (Å²) in [5.41, 5.74) is 3.69. The Morgan fingerprint density at radius 1 is 0.654 bits per heavy atom. The molecule has 4 aliphatic rings. The molecule has 4 aromatic rings. The van der Waals surface area contributed by atoms with Crippen LogP contribution in [0.2, 0.25) is 0 Å². The number of ether oxygens (including phenoxy) is 2. The number of rotatable bonds is 6. The molecule has 10 heteroatoms. The minimum Gasteiger partial charge on any atom is -0.445 e. The molecular formula is C42H48N4O6. The van der Waals surface area contributed by atoms with Gasteiger partial charge in [-0.1, -0.05) is 60.7 Å². The van der Waals surface area contributed by atoms with Crippen LogP contribution in [-0.2, 0) is 33.9 Å². The lowest BCUT2D eigenvalue weighted by molar-refractivity contribution is -0.118. The van der Waals surface area contributed by atoms with Gasteiger partial charge >= 0.3 is 12.2 Å². The maximum Gasteiger partial charge on any atom is 0.410 e. The number of aromatic nitrogens is 2. The standard InChI is InChI=1S/C21H24N2O3.C15H17NO3.C6H7N/c24-20(26-15-17-4-2-1-3-5-17)23-13-18-11-21(25,12-19(18)14-23)10-16-6-8-22-9-7-16;17-14-6-12-8-16(9-13(12)7-14)15(18)19-10-11-4-2-1-3-5-11;1-6-2-4-7-5-3-6/h1-9,18-19,25H,10-15H2;1-5,12-13H,6-10H2;2-5H,1H3/t18-,19+,21?;12-,13+;. The topological polar surface area (TPSA) is 122 Å². The van der Waals surface area contributed by atoms with E-state index in [0.29, 0.717) is 88.1 Å². The van der Waals surface area contributed by atoms with Gasteiger partial charge in [0.1, 0.15) is 19.0 Å². The van der Waals surface area contributed by atoms with Gasteiger partial charge in [-0.2, -0.15) is 0 Å². The number of benzene rings is 2. The zero-order valence-corrected chi connectivity index (χ0v) is 29.8. The highest BCUT2D eigenvalue weighted by atomic mass is 16.6. The van der Waals surface area contributed by atoms with E-state index in [4.69, 9.17) is 9.47 Å². The van der Waals surface area contributed by atoms with Crippen LogP contribution in [0.25, 0.3) is 0 Å². The van der Waals surface area contributed by atoms with Gasteiger partial charge in [-0.15, -0.1) is 0 Å². The zero-order chi connectivity index (χ0) is 36.3. The molecule has 2 aliphatic heterocycles. The summed E-state index contributed by atoms with van der Waals surface area (Å²) in [6, 6.07) is 27.2. The number of nitrogens with zero attached hydrogens (tertiary/aromatic N) is 4. The molecule has 4 heterocycles. The van der Waals surface area contributed by atoms with E-state index in [9.17, 15) is 19.5 Å². The summed E-state index contributed by atoms with van der Waals surface area (Å²) in [6.07, 6.45) is 9.99. The smallest absolute Gasteiger partial charge is 0.410 e. The van der Waals surface area contributed by atoms with Crippen LogP contribution in [0, 0.1) is 30.6 Å². The molecule has 8 rings (SSSR count). The van der Waals surface area contributed by atoms with Gasteiger partial charge in [-0.05, 0) is 90.0 Å². The molecule has 2 amide bonds. The van der Waals surface area contributed by atoms with Crippen molar-refractivity contribution < 1.29 is 29.0 Å². The lowest BCUT2D eigenvalue weighted by Gasteiger charge is -2.26. The van der Waals surface area contributed by atoms with Crippen LogP contribution in [0.1, 0.15) is 47.9 Å². The van der Waals surface area contributed by atoms with E-state index in [1.807, 2.05) is 91.9 Å². The predicted octanol–water partition coefficient (Wildman–Crippen LogP) is 6.66. The summed E-state index contributed by atoms with van der Waals surface area (Å²) in [6.45, 7) is 5.35. The van der Waals surface area contributed by atoms with E-state index >= 15 is 0 Å². The fourth-order valence-corrected chi connectivity index (χ4v) is 7.90. The summed E-state index contributed by atoms with van der Waals surface area (Å²) in [5.74, 6) is 1.76. The normalized spacial score (nSPS) is 24.2. The number of pyridine rings is 2. The SMILES string of the molecule is Cc1ccncc1.O=C(OCc1ccccc1)N1C[C@@H]2CC(O)(Cc3ccncc3)C[C@@H]2C1.O=C1C[C@@H]2CN(C(=O)OCc3ccccc3)C[C@@H]2C1. The maximum absolute atomic E-state index is 12.3. The Morgan fingerprint density at radius 3 is 1.50 bits per heavy atom. The minimum absolute atomic E-state index is 0.249. The number of likely N-dealkylation sites (tertiary alicyclic amines) is 2. The van der Waals surface area contributed by atoms with Crippen LogP contribution < -0.4 is 0 Å². The van der Waals surface area contributed by atoms with Crippen LogP contribution in [0.15, 0.2) is 110 Å². The summed E-state index contributed by atoms with van der Waals surface area (Å²) in [4.78, 5) is 47.0. The Morgan fingerprint density at radius 2 is 1.08 bits per heavy atom. The predicted molar refractivity (Wildman–Crippen MR) is 196 cm³/mol. The molecular weight excluding hydrogens is 656 g/mol. The second-order valence-corrected chi connectivity index (χ2v) is 14.6. The lowest BCUT2D eigenvalue weighted by atomic mass is 9.92. The first kappa shape index (κ1) is 36.7. The van der Waals surface area contributed by atoms with E-state index < -0.39 is 5.60 Å². The van der Waals surface area contributed by atoms with Crippen LogP contribution >= 0.6 is 0 Å². The summed E-state index contributed by atoms with van der Waals surface area (Å²) in [5, 5.41) is 11.0. The third-order valence-corrected chi connectivity index (χ3v) is 10.5. The number of hydrogen-bond acceptors (Lipinski definition) is 8. The van der Waals surface area contributed by atoms with Crippen molar-refractivity contribution in [1.82, 2.24) is 19.8 Å². The molecule has 1 unspecified atom stereocenters. The first-order chi connectivity index (χ1) is 25.2. The Hall–Kier alpha value is -5.09. The fourth-order valence-electron chi connectivity index (χ4n) is 7.90. The quantitative estimate of drug-likeness (QED) is 0.237. The highest BCUT2D eigenvalue weighted by Crippen LogP contribution is 2.45. The van der Waals surface area contributed by atoms with Gasteiger partial charge in [0.25, 0.3) is 0 Å². The molecule has 52 heavy (non-hydrogen) atoms. The fraction of sp³-hybridized carbons (Fsp3) is 0.405. The second-order valence-electron chi connectivity index (χ2n) is 14.6. The van der Waals surface area contributed by atoms with Crippen molar-refractivity contribution in [3.8, 4) is 0 Å². The maximum atomic E-state index is 12.3. The molecule has 4 fully saturated rings. The second kappa shape index (κ2) is 17.4. The van der Waals surface area contributed by atoms with Crippen molar-refractivity contribution in [1.29, 1.82) is 0 Å². The van der Waals surface area contributed by atoms with Gasteiger partial charge in [0.05, 0.1) is 5.60 Å². The summed E-state index contributed by atoms with van der Waals surface area (Å²) in [7, 11) is 0. The third-order valence-electron chi connectivity index (χ3n) is 10.5. The number of carbonyl (C=O) groups is 3. The summed E-state index contributed by atoms with van der Waals surface area (Å²) >= 11 is 0. The Balaban J connectivity index is 0.000000155. The third kappa shape index (κ3) is 10.3. The Labute approximate surface area is 305 Å². The summed E-state index contributed by atoms with van der Waals surface area (Å²) < 4.78 is 10.7. The number of fused-ring (bicyclic) bond motifs is 2. The van der Waals surface area contributed by atoms with Crippen molar-refractivity contribution in [2.24, 2.45) is 23.7 Å². The van der Waals surface area contributed by atoms with Crippen molar-refractivity contribution in [3.05, 3.63) is 132 Å². The molecule has 272 valence electrons. The molecule has 10 nitrogen and oxygen atoms in total. The average molecular weight is 705 g/mol. The largest absolute Gasteiger partial charge is 0.445 e. The number of ketones is 1. The zero-order valence-electron chi connectivity index (χ0n) is 29.8. The number of aryl methyl sites for hydroxylation is 1. The van der Waals surface area contributed by atoms with Gasteiger partial charge in [0.2, 0.25) is 0 Å². The van der Waals surface area contributed by atoms with E-state index in [2.05, 4.69) is 9.97 Å². The molecule has 5 atom stereocenters. The molecule has 2 saturated carbocycles. The number of amides is 2. The molecule has 0 spiro atoms. The molecule has 2 aromatic heterocycles.